The minimum Gasteiger partial charge on any atom is -0.314 e. The standard InChI is InChI=1S/C15H19N3/c1-12(18-9-7-16-8-10-18)13-4-5-15-14(11-13)3-2-6-17-15/h2-6,11-12,16H,7-10H2,1H3. The third-order valence-electron chi connectivity index (χ3n) is 3.81. The smallest absolute Gasteiger partial charge is 0.0702 e. The molecule has 0 aliphatic carbocycles. The number of pyridine rings is 1. The van der Waals surface area contributed by atoms with Gasteiger partial charge in [0.2, 0.25) is 0 Å². The fraction of sp³-hybridized carbons (Fsp3) is 0.400. The van der Waals surface area contributed by atoms with E-state index < -0.39 is 0 Å². The van der Waals surface area contributed by atoms with Gasteiger partial charge in [-0.05, 0) is 30.7 Å². The van der Waals surface area contributed by atoms with Gasteiger partial charge in [0.1, 0.15) is 0 Å². The summed E-state index contributed by atoms with van der Waals surface area (Å²) in [5.41, 5.74) is 2.46. The zero-order chi connectivity index (χ0) is 12.4. The number of nitrogens with zero attached hydrogens (tertiary/aromatic N) is 2. The first-order valence-corrected chi connectivity index (χ1v) is 6.64. The molecule has 1 aliphatic heterocycles. The van der Waals surface area contributed by atoms with Crippen LogP contribution in [0.2, 0.25) is 0 Å². The second-order valence-corrected chi connectivity index (χ2v) is 4.92. The van der Waals surface area contributed by atoms with Crippen molar-refractivity contribution in [3.8, 4) is 0 Å². The average Bonchev–Trinajstić information content (AvgIpc) is 2.47. The van der Waals surface area contributed by atoms with Gasteiger partial charge in [0.05, 0.1) is 5.52 Å². The predicted molar refractivity (Wildman–Crippen MR) is 74.6 cm³/mol. The summed E-state index contributed by atoms with van der Waals surface area (Å²) in [6.45, 7) is 6.75. The van der Waals surface area contributed by atoms with Gasteiger partial charge in [-0.3, -0.25) is 9.88 Å². The van der Waals surface area contributed by atoms with Crippen molar-refractivity contribution in [2.24, 2.45) is 0 Å². The first kappa shape index (κ1) is 11.6. The normalized spacial score (nSPS) is 18.9. The molecule has 3 nitrogen and oxygen atoms in total. The van der Waals surface area contributed by atoms with Crippen molar-refractivity contribution >= 4 is 10.9 Å². The van der Waals surface area contributed by atoms with Gasteiger partial charge in [-0.2, -0.15) is 0 Å². The minimum absolute atomic E-state index is 0.483. The maximum Gasteiger partial charge on any atom is 0.0702 e. The fourth-order valence-corrected chi connectivity index (χ4v) is 2.63. The molecule has 1 aliphatic rings. The maximum absolute atomic E-state index is 4.37. The van der Waals surface area contributed by atoms with E-state index in [1.165, 1.54) is 10.9 Å². The van der Waals surface area contributed by atoms with Crippen molar-refractivity contribution in [1.29, 1.82) is 0 Å². The fourth-order valence-electron chi connectivity index (χ4n) is 2.63. The second-order valence-electron chi connectivity index (χ2n) is 4.92. The number of piperazine rings is 1. The first-order chi connectivity index (χ1) is 8.84. The molecule has 0 amide bonds. The van der Waals surface area contributed by atoms with Crippen molar-refractivity contribution in [1.82, 2.24) is 15.2 Å². The van der Waals surface area contributed by atoms with Crippen LogP contribution in [0.25, 0.3) is 10.9 Å². The van der Waals surface area contributed by atoms with Gasteiger partial charge in [0.25, 0.3) is 0 Å². The van der Waals surface area contributed by atoms with Crippen LogP contribution in [-0.4, -0.2) is 36.1 Å². The molecule has 2 heterocycles. The van der Waals surface area contributed by atoms with Gasteiger partial charge < -0.3 is 5.32 Å². The molecule has 0 bridgehead atoms. The summed E-state index contributed by atoms with van der Waals surface area (Å²) in [7, 11) is 0. The lowest BCUT2D eigenvalue weighted by Gasteiger charge is -2.33. The van der Waals surface area contributed by atoms with Gasteiger partial charge >= 0.3 is 0 Å². The third kappa shape index (κ3) is 2.24. The molecule has 3 rings (SSSR count). The lowest BCUT2D eigenvalue weighted by atomic mass is 10.0. The molecule has 1 fully saturated rings. The number of aromatic nitrogens is 1. The topological polar surface area (TPSA) is 28.2 Å². The Morgan fingerprint density at radius 1 is 1.22 bits per heavy atom. The van der Waals surface area contributed by atoms with Crippen molar-refractivity contribution in [3.63, 3.8) is 0 Å². The van der Waals surface area contributed by atoms with E-state index in [9.17, 15) is 0 Å². The predicted octanol–water partition coefficient (Wildman–Crippen LogP) is 2.20. The summed E-state index contributed by atoms with van der Waals surface area (Å²) in [6.07, 6.45) is 1.85. The number of fused-ring (bicyclic) bond motifs is 1. The molecule has 1 atom stereocenters. The Labute approximate surface area is 108 Å². The van der Waals surface area contributed by atoms with Crippen LogP contribution < -0.4 is 5.32 Å². The number of rotatable bonds is 2. The first-order valence-electron chi connectivity index (χ1n) is 6.64. The molecule has 0 saturated carbocycles. The average molecular weight is 241 g/mol. The van der Waals surface area contributed by atoms with E-state index in [0.29, 0.717) is 6.04 Å². The highest BCUT2D eigenvalue weighted by molar-refractivity contribution is 5.79. The maximum atomic E-state index is 4.37. The largest absolute Gasteiger partial charge is 0.314 e. The summed E-state index contributed by atoms with van der Waals surface area (Å²) >= 11 is 0. The van der Waals surface area contributed by atoms with Gasteiger partial charge in [-0.1, -0.05) is 12.1 Å². The molecule has 1 aromatic heterocycles. The zero-order valence-electron chi connectivity index (χ0n) is 10.8. The molecule has 1 saturated heterocycles. The molecule has 94 valence electrons. The minimum atomic E-state index is 0.483. The highest BCUT2D eigenvalue weighted by atomic mass is 15.2. The van der Waals surface area contributed by atoms with E-state index in [2.05, 4.69) is 46.4 Å². The molecular weight excluding hydrogens is 222 g/mol. The third-order valence-corrected chi connectivity index (χ3v) is 3.81. The van der Waals surface area contributed by atoms with Crippen LogP contribution in [-0.2, 0) is 0 Å². The lowest BCUT2D eigenvalue weighted by Crippen LogP contribution is -2.44. The Morgan fingerprint density at radius 3 is 2.89 bits per heavy atom. The summed E-state index contributed by atoms with van der Waals surface area (Å²) in [4.78, 5) is 6.91. The number of hydrogen-bond acceptors (Lipinski definition) is 3. The molecule has 0 spiro atoms. The van der Waals surface area contributed by atoms with Gasteiger partial charge in [-0.25, -0.2) is 0 Å². The summed E-state index contributed by atoms with van der Waals surface area (Å²) in [5.74, 6) is 0. The Bertz CT molecular complexity index is 532. The molecule has 2 aromatic rings. The van der Waals surface area contributed by atoms with Crippen molar-refractivity contribution in [3.05, 3.63) is 42.1 Å². The molecule has 1 N–H and O–H groups in total. The number of hydrogen-bond donors (Lipinski definition) is 1. The summed E-state index contributed by atoms with van der Waals surface area (Å²) in [6, 6.07) is 11.2. The molecular formula is C15H19N3. The van der Waals surface area contributed by atoms with Crippen LogP contribution in [0.5, 0.6) is 0 Å². The SMILES string of the molecule is CC(c1ccc2ncccc2c1)N1CCNCC1. The van der Waals surface area contributed by atoms with Crippen LogP contribution in [0.4, 0.5) is 0 Å². The molecule has 0 radical (unpaired) electrons. The van der Waals surface area contributed by atoms with Crippen LogP contribution in [0, 0.1) is 0 Å². The lowest BCUT2D eigenvalue weighted by molar-refractivity contribution is 0.185. The van der Waals surface area contributed by atoms with E-state index in [-0.39, 0.29) is 0 Å². The van der Waals surface area contributed by atoms with E-state index in [4.69, 9.17) is 0 Å². The van der Waals surface area contributed by atoms with Crippen molar-refractivity contribution in [2.45, 2.75) is 13.0 Å². The number of benzene rings is 1. The van der Waals surface area contributed by atoms with Gasteiger partial charge in [-0.15, -0.1) is 0 Å². The monoisotopic (exact) mass is 241 g/mol. The zero-order valence-corrected chi connectivity index (χ0v) is 10.8. The Kier molecular flexibility index (Phi) is 3.26. The molecule has 1 unspecified atom stereocenters. The van der Waals surface area contributed by atoms with E-state index in [0.717, 1.165) is 31.7 Å². The van der Waals surface area contributed by atoms with E-state index >= 15 is 0 Å². The van der Waals surface area contributed by atoms with Crippen LogP contribution in [0.3, 0.4) is 0 Å². The summed E-state index contributed by atoms with van der Waals surface area (Å²) < 4.78 is 0. The molecule has 1 aromatic carbocycles. The Morgan fingerprint density at radius 2 is 2.06 bits per heavy atom. The van der Waals surface area contributed by atoms with E-state index in [1.807, 2.05) is 12.3 Å². The molecule has 18 heavy (non-hydrogen) atoms. The highest BCUT2D eigenvalue weighted by Gasteiger charge is 2.17. The van der Waals surface area contributed by atoms with Crippen molar-refractivity contribution < 1.29 is 0 Å². The Hall–Kier alpha value is -1.45. The number of nitrogens with one attached hydrogen (secondary N) is 1. The van der Waals surface area contributed by atoms with Crippen LogP contribution >= 0.6 is 0 Å². The van der Waals surface area contributed by atoms with E-state index in [1.54, 1.807) is 0 Å². The quantitative estimate of drug-likeness (QED) is 0.873. The highest BCUT2D eigenvalue weighted by Crippen LogP contribution is 2.23. The summed E-state index contributed by atoms with van der Waals surface area (Å²) in [5, 5.41) is 4.63. The van der Waals surface area contributed by atoms with Gasteiger partial charge in [0, 0.05) is 43.8 Å². The molecule has 3 heteroatoms. The second kappa shape index (κ2) is 5.04. The Balaban J connectivity index is 1.88. The van der Waals surface area contributed by atoms with Crippen molar-refractivity contribution in [2.75, 3.05) is 26.2 Å². The van der Waals surface area contributed by atoms with Crippen LogP contribution in [0.15, 0.2) is 36.5 Å². The van der Waals surface area contributed by atoms with Crippen LogP contribution in [0.1, 0.15) is 18.5 Å². The van der Waals surface area contributed by atoms with Gasteiger partial charge in [0.15, 0.2) is 0 Å².